The quantitative estimate of drug-likeness (QED) is 0.417. The number of nitrogens with one attached hydrogen (secondary N) is 2. The molecule has 0 spiro atoms. The molecule has 156 valence electrons. The van der Waals surface area contributed by atoms with Crippen LogP contribution in [0.25, 0.3) is 11.0 Å². The maximum Gasteiger partial charge on any atom is 0.323 e. The van der Waals surface area contributed by atoms with Crippen LogP contribution in [0, 0.1) is 0 Å². The Balaban J connectivity index is 1.63. The highest BCUT2D eigenvalue weighted by molar-refractivity contribution is 6.00. The summed E-state index contributed by atoms with van der Waals surface area (Å²) in [6.07, 6.45) is 1.55. The number of nitrogens with zero attached hydrogens (tertiary/aromatic N) is 2. The van der Waals surface area contributed by atoms with E-state index in [1.54, 1.807) is 30.6 Å². The van der Waals surface area contributed by atoms with E-state index in [0.717, 1.165) is 11.1 Å². The number of carbonyl (C=O) groups excluding carboxylic acids is 1. The largest absolute Gasteiger partial charge is 0.481 e. The summed E-state index contributed by atoms with van der Waals surface area (Å²) in [5.41, 5.74) is 2.78. The van der Waals surface area contributed by atoms with E-state index in [1.165, 1.54) is 0 Å². The van der Waals surface area contributed by atoms with Crippen molar-refractivity contribution in [2.75, 3.05) is 10.6 Å². The number of carbonyl (C=O) groups is 2. The number of fused-ring (bicyclic) bond motifs is 1. The van der Waals surface area contributed by atoms with Crippen LogP contribution < -0.4 is 10.6 Å². The molecular weight excluding hydrogens is 392 g/mol. The van der Waals surface area contributed by atoms with Gasteiger partial charge in [0.2, 0.25) is 0 Å². The van der Waals surface area contributed by atoms with E-state index in [1.807, 2.05) is 66.1 Å². The number of para-hydroxylation sites is 1. The van der Waals surface area contributed by atoms with Crippen molar-refractivity contribution in [2.24, 2.45) is 0 Å². The minimum atomic E-state index is -0.899. The zero-order valence-corrected chi connectivity index (χ0v) is 16.9. The first kappa shape index (κ1) is 20.2. The molecule has 0 aliphatic carbocycles. The van der Waals surface area contributed by atoms with Gasteiger partial charge in [-0.25, -0.2) is 9.78 Å². The van der Waals surface area contributed by atoms with E-state index in [0.29, 0.717) is 16.9 Å². The van der Waals surface area contributed by atoms with E-state index in [9.17, 15) is 14.7 Å². The lowest BCUT2D eigenvalue weighted by molar-refractivity contribution is -0.138. The number of amides is 2. The fraction of sp³-hybridized carbons (Fsp3) is 0.125. The zero-order valence-electron chi connectivity index (χ0n) is 16.9. The van der Waals surface area contributed by atoms with Crippen LogP contribution in [-0.2, 0) is 10.3 Å². The molecule has 0 saturated heterocycles. The highest BCUT2D eigenvalue weighted by Gasteiger charge is 2.32. The minimum Gasteiger partial charge on any atom is -0.481 e. The van der Waals surface area contributed by atoms with Crippen LogP contribution in [0.3, 0.4) is 0 Å². The van der Waals surface area contributed by atoms with Crippen molar-refractivity contribution >= 4 is 34.4 Å². The van der Waals surface area contributed by atoms with Gasteiger partial charge in [0.1, 0.15) is 0 Å². The Labute approximate surface area is 179 Å². The molecule has 1 aromatic heterocycles. The van der Waals surface area contributed by atoms with Crippen LogP contribution in [0.1, 0.15) is 18.9 Å². The third-order valence-electron chi connectivity index (χ3n) is 5.26. The maximum absolute atomic E-state index is 12.3. The maximum atomic E-state index is 12.3. The molecule has 2 amide bonds. The number of benzene rings is 3. The molecule has 0 unspecified atom stereocenters. The summed E-state index contributed by atoms with van der Waals surface area (Å²) in [7, 11) is 0. The van der Waals surface area contributed by atoms with E-state index >= 15 is 0 Å². The average Bonchev–Trinajstić information content (AvgIpc) is 3.18. The Bertz CT molecular complexity index is 1220. The van der Waals surface area contributed by atoms with Crippen molar-refractivity contribution in [3.05, 3.63) is 90.8 Å². The van der Waals surface area contributed by atoms with Gasteiger partial charge in [-0.05, 0) is 42.8 Å². The molecule has 0 radical (unpaired) electrons. The summed E-state index contributed by atoms with van der Waals surface area (Å²) in [5, 5.41) is 15.1. The van der Waals surface area contributed by atoms with Crippen LogP contribution >= 0.6 is 0 Å². The molecule has 0 fully saturated rings. The van der Waals surface area contributed by atoms with Crippen LogP contribution in [0.15, 0.2) is 85.2 Å². The normalized spacial score (nSPS) is 12.8. The molecule has 1 atom stereocenters. The Hall–Kier alpha value is -4.13. The number of aromatic nitrogens is 2. The molecule has 4 rings (SSSR count). The van der Waals surface area contributed by atoms with Crippen LogP contribution in [0.4, 0.5) is 16.2 Å². The first-order valence-corrected chi connectivity index (χ1v) is 9.84. The lowest BCUT2D eigenvalue weighted by atomic mass is 9.88. The van der Waals surface area contributed by atoms with E-state index < -0.39 is 11.5 Å². The summed E-state index contributed by atoms with van der Waals surface area (Å²) in [4.78, 5) is 28.4. The Morgan fingerprint density at radius 2 is 1.58 bits per heavy atom. The van der Waals surface area contributed by atoms with Crippen LogP contribution in [-0.4, -0.2) is 26.7 Å². The second kappa shape index (κ2) is 8.31. The Morgan fingerprint density at radius 1 is 0.935 bits per heavy atom. The molecule has 0 aliphatic rings. The van der Waals surface area contributed by atoms with E-state index in [-0.39, 0.29) is 12.5 Å². The van der Waals surface area contributed by atoms with Crippen molar-refractivity contribution in [2.45, 2.75) is 18.9 Å². The summed E-state index contributed by atoms with van der Waals surface area (Å²) < 4.78 is 1.87. The molecule has 0 bridgehead atoms. The van der Waals surface area contributed by atoms with Gasteiger partial charge in [0.05, 0.1) is 29.3 Å². The molecule has 3 aromatic carbocycles. The van der Waals surface area contributed by atoms with Gasteiger partial charge in [-0.15, -0.1) is 0 Å². The summed E-state index contributed by atoms with van der Waals surface area (Å²) in [6, 6.07) is 23.7. The molecule has 3 N–H and O–H groups in total. The molecule has 31 heavy (non-hydrogen) atoms. The SMILES string of the molecule is C[C@@](CC(=O)O)(c1ccccc1)n1cnc2cc(NC(=O)Nc3ccccc3)ccc21. The van der Waals surface area contributed by atoms with Gasteiger partial charge in [-0.3, -0.25) is 4.79 Å². The molecular formula is C24H22N4O3. The van der Waals surface area contributed by atoms with Crippen molar-refractivity contribution in [3.63, 3.8) is 0 Å². The lowest BCUT2D eigenvalue weighted by Gasteiger charge is -2.31. The zero-order chi connectivity index (χ0) is 21.8. The highest BCUT2D eigenvalue weighted by Crippen LogP contribution is 2.33. The number of carboxylic acid groups (broad SMARTS) is 1. The molecule has 4 aromatic rings. The average molecular weight is 414 g/mol. The van der Waals surface area contributed by atoms with Crippen molar-refractivity contribution in [1.29, 1.82) is 0 Å². The Kier molecular flexibility index (Phi) is 5.41. The summed E-state index contributed by atoms with van der Waals surface area (Å²) in [6.45, 7) is 1.89. The first-order chi connectivity index (χ1) is 15.0. The standard InChI is InChI=1S/C24H22N4O3/c1-24(15-22(29)30,17-8-4-2-5-9-17)28-16-25-20-14-19(12-13-21(20)28)27-23(31)26-18-10-6-3-7-11-18/h2-14,16H,15H2,1H3,(H,29,30)(H2,26,27,31)/t24-/m1/s1. The Morgan fingerprint density at radius 3 is 2.26 bits per heavy atom. The first-order valence-electron chi connectivity index (χ1n) is 9.84. The molecule has 7 heteroatoms. The topological polar surface area (TPSA) is 96.2 Å². The molecule has 0 saturated carbocycles. The predicted octanol–water partition coefficient (Wildman–Crippen LogP) is 4.92. The molecule has 7 nitrogen and oxygen atoms in total. The van der Waals surface area contributed by atoms with Gasteiger partial charge >= 0.3 is 12.0 Å². The second-order valence-corrected chi connectivity index (χ2v) is 7.47. The molecule has 0 aliphatic heterocycles. The van der Waals surface area contributed by atoms with Gasteiger partial charge in [-0.1, -0.05) is 48.5 Å². The van der Waals surface area contributed by atoms with Gasteiger partial charge in [0.15, 0.2) is 0 Å². The van der Waals surface area contributed by atoms with Crippen molar-refractivity contribution in [1.82, 2.24) is 9.55 Å². The lowest BCUT2D eigenvalue weighted by Crippen LogP contribution is -2.33. The number of carboxylic acids is 1. The van der Waals surface area contributed by atoms with Gasteiger partial charge < -0.3 is 20.3 Å². The van der Waals surface area contributed by atoms with Gasteiger partial charge in [0, 0.05) is 11.4 Å². The molecule has 1 heterocycles. The van der Waals surface area contributed by atoms with Gasteiger partial charge in [0.25, 0.3) is 0 Å². The smallest absolute Gasteiger partial charge is 0.323 e. The van der Waals surface area contributed by atoms with Crippen molar-refractivity contribution < 1.29 is 14.7 Å². The number of urea groups is 1. The minimum absolute atomic E-state index is 0.0953. The van der Waals surface area contributed by atoms with Gasteiger partial charge in [-0.2, -0.15) is 0 Å². The van der Waals surface area contributed by atoms with Crippen LogP contribution in [0.5, 0.6) is 0 Å². The number of hydrogen-bond donors (Lipinski definition) is 3. The fourth-order valence-electron chi connectivity index (χ4n) is 3.72. The van der Waals surface area contributed by atoms with E-state index in [4.69, 9.17) is 0 Å². The predicted molar refractivity (Wildman–Crippen MR) is 120 cm³/mol. The van der Waals surface area contributed by atoms with Crippen molar-refractivity contribution in [3.8, 4) is 0 Å². The van der Waals surface area contributed by atoms with E-state index in [2.05, 4.69) is 15.6 Å². The third-order valence-corrected chi connectivity index (χ3v) is 5.26. The highest BCUT2D eigenvalue weighted by atomic mass is 16.4. The summed E-state index contributed by atoms with van der Waals surface area (Å²) in [5.74, 6) is -0.899. The number of aliphatic carboxylic acids is 1. The number of imidazole rings is 1. The fourth-order valence-corrected chi connectivity index (χ4v) is 3.72. The number of hydrogen-bond acceptors (Lipinski definition) is 3. The number of anilines is 2. The summed E-state index contributed by atoms with van der Waals surface area (Å²) >= 11 is 0. The number of rotatable bonds is 6. The third kappa shape index (κ3) is 4.25. The monoisotopic (exact) mass is 414 g/mol. The van der Waals surface area contributed by atoms with Crippen LogP contribution in [0.2, 0.25) is 0 Å². The second-order valence-electron chi connectivity index (χ2n) is 7.47.